The summed E-state index contributed by atoms with van der Waals surface area (Å²) in [4.78, 5) is 0. The predicted octanol–water partition coefficient (Wildman–Crippen LogP) is 4.50. The summed E-state index contributed by atoms with van der Waals surface area (Å²) in [5.41, 5.74) is 4.07. The zero-order valence-corrected chi connectivity index (χ0v) is 16.9. The second kappa shape index (κ2) is 8.53. The maximum Gasteiger partial charge on any atom is 0.123 e. The molecule has 2 N–H and O–H groups in total. The summed E-state index contributed by atoms with van der Waals surface area (Å²) in [5, 5.41) is 2.35. The molecule has 2 atom stereocenters. The molecule has 1 fully saturated rings. The van der Waals surface area contributed by atoms with E-state index in [0.29, 0.717) is 0 Å². The Kier molecular flexibility index (Phi) is 6.33. The maximum absolute atomic E-state index is 13.1. The van der Waals surface area contributed by atoms with Crippen LogP contribution in [0.3, 0.4) is 0 Å². The number of nitrogens with two attached hydrogens (primary N) is 1. The van der Waals surface area contributed by atoms with Crippen LogP contribution in [0.5, 0.6) is 0 Å². The van der Waals surface area contributed by atoms with E-state index in [1.807, 2.05) is 12.1 Å². The highest BCUT2D eigenvalue weighted by atomic mass is 19.1. The van der Waals surface area contributed by atoms with Gasteiger partial charge in [0, 0.05) is 24.0 Å². The van der Waals surface area contributed by atoms with Crippen LogP contribution in [-0.2, 0) is 16.7 Å². The quantitative estimate of drug-likeness (QED) is 0.713. The Hall–Kier alpha value is -1.71. The van der Waals surface area contributed by atoms with E-state index in [1.54, 1.807) is 12.1 Å². The molecule has 2 aromatic carbocycles. The Labute approximate surface area is 163 Å². The van der Waals surface area contributed by atoms with Gasteiger partial charge in [-0.3, -0.25) is 0 Å². The van der Waals surface area contributed by atoms with E-state index >= 15 is 0 Å². The molecule has 0 spiro atoms. The van der Waals surface area contributed by atoms with Gasteiger partial charge in [0.05, 0.1) is 12.1 Å². The molecule has 27 heavy (non-hydrogen) atoms. The molecule has 1 heterocycles. The topological polar surface area (TPSA) is 25.8 Å². The largest absolute Gasteiger partial charge is 0.375 e. The van der Waals surface area contributed by atoms with Crippen molar-refractivity contribution in [1.29, 1.82) is 0 Å². The molecular formula is C24H33FNO+. The molecule has 3 heteroatoms. The predicted molar refractivity (Wildman–Crippen MR) is 108 cm³/mol. The van der Waals surface area contributed by atoms with Crippen LogP contribution in [0.25, 0.3) is 0 Å². The first-order chi connectivity index (χ1) is 12.9. The van der Waals surface area contributed by atoms with Crippen LogP contribution in [0.4, 0.5) is 4.39 Å². The van der Waals surface area contributed by atoms with Gasteiger partial charge >= 0.3 is 0 Å². The average molecular weight is 371 g/mol. The first-order valence-corrected chi connectivity index (χ1v) is 10.2. The first-order valence-electron chi connectivity index (χ1n) is 10.2. The lowest BCUT2D eigenvalue weighted by Gasteiger charge is -2.46. The number of quaternary nitrogens is 1. The van der Waals surface area contributed by atoms with Crippen molar-refractivity contribution in [2.45, 2.75) is 64.0 Å². The summed E-state index contributed by atoms with van der Waals surface area (Å²) in [6.45, 7) is 9.42. The SMILES string of the molecule is CC[C@@]1(C)C[C@](CC[NH2+]Cc2ccc(F)cc2)(c2ccc(C)cc2)CCO1. The van der Waals surface area contributed by atoms with Crippen LogP contribution in [0.1, 0.15) is 56.2 Å². The van der Waals surface area contributed by atoms with E-state index in [1.165, 1.54) is 16.7 Å². The minimum Gasteiger partial charge on any atom is -0.375 e. The molecule has 0 saturated carbocycles. The van der Waals surface area contributed by atoms with Crippen LogP contribution in [0.15, 0.2) is 48.5 Å². The summed E-state index contributed by atoms with van der Waals surface area (Å²) < 4.78 is 19.2. The summed E-state index contributed by atoms with van der Waals surface area (Å²) in [5.74, 6) is -0.168. The highest BCUT2D eigenvalue weighted by Gasteiger charge is 2.43. The van der Waals surface area contributed by atoms with E-state index < -0.39 is 0 Å². The van der Waals surface area contributed by atoms with Crippen LogP contribution in [-0.4, -0.2) is 18.8 Å². The van der Waals surface area contributed by atoms with Gasteiger partial charge in [0.15, 0.2) is 0 Å². The lowest BCUT2D eigenvalue weighted by Crippen LogP contribution is -2.83. The molecule has 1 aliphatic heterocycles. The Morgan fingerprint density at radius 3 is 2.44 bits per heavy atom. The third-order valence-electron chi connectivity index (χ3n) is 6.28. The monoisotopic (exact) mass is 370 g/mol. The van der Waals surface area contributed by atoms with Crippen LogP contribution in [0, 0.1) is 12.7 Å². The fraction of sp³-hybridized carbons (Fsp3) is 0.500. The minimum absolute atomic E-state index is 0.0416. The molecule has 2 nitrogen and oxygen atoms in total. The average Bonchev–Trinajstić information content (AvgIpc) is 2.67. The van der Waals surface area contributed by atoms with Crippen molar-refractivity contribution in [2.75, 3.05) is 13.2 Å². The molecule has 0 aromatic heterocycles. The number of hydrogen-bond donors (Lipinski definition) is 1. The van der Waals surface area contributed by atoms with Gasteiger partial charge in [-0.2, -0.15) is 0 Å². The fourth-order valence-electron chi connectivity index (χ4n) is 4.35. The van der Waals surface area contributed by atoms with Gasteiger partial charge in [-0.15, -0.1) is 0 Å². The molecular weight excluding hydrogens is 337 g/mol. The number of rotatable bonds is 7. The summed E-state index contributed by atoms with van der Waals surface area (Å²) in [6, 6.07) is 15.9. The molecule has 1 aliphatic rings. The third-order valence-corrected chi connectivity index (χ3v) is 6.28. The number of hydrogen-bond acceptors (Lipinski definition) is 1. The zero-order valence-electron chi connectivity index (χ0n) is 16.9. The van der Waals surface area contributed by atoms with Crippen LogP contribution < -0.4 is 5.32 Å². The van der Waals surface area contributed by atoms with Gasteiger partial charge in [-0.1, -0.05) is 48.9 Å². The second-order valence-corrected chi connectivity index (χ2v) is 8.38. The van der Waals surface area contributed by atoms with Crippen molar-refractivity contribution in [3.05, 3.63) is 71.0 Å². The fourth-order valence-corrected chi connectivity index (χ4v) is 4.35. The summed E-state index contributed by atoms with van der Waals surface area (Å²) in [6.07, 6.45) is 4.33. The van der Waals surface area contributed by atoms with Crippen molar-refractivity contribution in [3.63, 3.8) is 0 Å². The smallest absolute Gasteiger partial charge is 0.123 e. The zero-order chi connectivity index (χ0) is 19.3. The molecule has 0 bridgehead atoms. The van der Waals surface area contributed by atoms with Crippen molar-refractivity contribution < 1.29 is 14.4 Å². The van der Waals surface area contributed by atoms with E-state index in [9.17, 15) is 4.39 Å². The molecule has 3 rings (SSSR count). The summed E-state index contributed by atoms with van der Waals surface area (Å²) >= 11 is 0. The first kappa shape index (κ1) is 20.0. The molecule has 0 unspecified atom stereocenters. The second-order valence-electron chi connectivity index (χ2n) is 8.38. The molecule has 0 amide bonds. The Morgan fingerprint density at radius 1 is 1.07 bits per heavy atom. The van der Waals surface area contributed by atoms with E-state index in [0.717, 1.165) is 45.4 Å². The molecule has 0 aliphatic carbocycles. The Bertz CT molecular complexity index is 727. The van der Waals surface area contributed by atoms with Crippen LogP contribution in [0.2, 0.25) is 0 Å². The maximum atomic E-state index is 13.1. The lowest BCUT2D eigenvalue weighted by molar-refractivity contribution is -0.672. The normalized spacial score (nSPS) is 25.5. The highest BCUT2D eigenvalue weighted by molar-refractivity contribution is 5.30. The summed E-state index contributed by atoms with van der Waals surface area (Å²) in [7, 11) is 0. The van der Waals surface area contributed by atoms with E-state index in [2.05, 4.69) is 50.4 Å². The Morgan fingerprint density at radius 2 is 1.78 bits per heavy atom. The standard InChI is InChI=1S/C24H32FNO/c1-4-23(3)18-24(14-16-27-23,21-9-5-19(2)6-10-21)13-15-26-17-20-7-11-22(25)12-8-20/h5-12,26H,4,13-18H2,1-3H3/p+1/t23-,24+/m0/s1. The Balaban J connectivity index is 1.70. The third kappa shape index (κ3) is 4.97. The van der Waals surface area contributed by atoms with E-state index in [-0.39, 0.29) is 16.8 Å². The van der Waals surface area contributed by atoms with Gasteiger partial charge in [-0.25, -0.2) is 4.39 Å². The van der Waals surface area contributed by atoms with Crippen molar-refractivity contribution in [3.8, 4) is 0 Å². The molecule has 146 valence electrons. The van der Waals surface area contributed by atoms with Crippen molar-refractivity contribution in [2.24, 2.45) is 0 Å². The highest BCUT2D eigenvalue weighted by Crippen LogP contribution is 2.45. The van der Waals surface area contributed by atoms with Crippen molar-refractivity contribution in [1.82, 2.24) is 0 Å². The minimum atomic E-state index is -0.168. The van der Waals surface area contributed by atoms with Gasteiger partial charge in [0.25, 0.3) is 0 Å². The number of ether oxygens (including phenoxy) is 1. The van der Waals surface area contributed by atoms with E-state index in [4.69, 9.17) is 4.74 Å². The van der Waals surface area contributed by atoms with Gasteiger partial charge in [-0.05, 0) is 50.8 Å². The van der Waals surface area contributed by atoms with Gasteiger partial charge in [0.1, 0.15) is 12.4 Å². The molecule has 2 aromatic rings. The lowest BCUT2D eigenvalue weighted by atomic mass is 9.66. The number of aryl methyl sites for hydroxylation is 1. The number of halogens is 1. The molecule has 1 saturated heterocycles. The van der Waals surface area contributed by atoms with Gasteiger partial charge in [0.2, 0.25) is 0 Å². The van der Waals surface area contributed by atoms with Gasteiger partial charge < -0.3 is 10.1 Å². The van der Waals surface area contributed by atoms with Crippen molar-refractivity contribution >= 4 is 0 Å². The molecule has 0 radical (unpaired) electrons. The van der Waals surface area contributed by atoms with Crippen LogP contribution >= 0.6 is 0 Å². The number of benzene rings is 2.